The van der Waals surface area contributed by atoms with Crippen LogP contribution in [-0.4, -0.2) is 11.1 Å². The standard InChI is InChI=1S/C21H13ClO2S/c22-18-11-9-13-5-1-2-6-14(13)20(18)25-19-12-10-17(21(23)24)15-7-3-4-8-16(15)19/h1-12H,(H,23,24). The second kappa shape index (κ2) is 6.43. The van der Waals surface area contributed by atoms with Crippen LogP contribution in [0.4, 0.5) is 0 Å². The van der Waals surface area contributed by atoms with Gasteiger partial charge < -0.3 is 5.11 Å². The molecule has 4 aromatic rings. The number of hydrogen-bond acceptors (Lipinski definition) is 2. The van der Waals surface area contributed by atoms with Crippen LogP contribution in [0.25, 0.3) is 21.5 Å². The fraction of sp³-hybridized carbons (Fsp3) is 0. The van der Waals surface area contributed by atoms with Crippen molar-refractivity contribution in [3.05, 3.63) is 83.4 Å². The third kappa shape index (κ3) is 2.86. The average molecular weight is 365 g/mol. The van der Waals surface area contributed by atoms with Gasteiger partial charge in [-0.05, 0) is 39.7 Å². The van der Waals surface area contributed by atoms with E-state index in [0.717, 1.165) is 31.3 Å². The molecule has 0 saturated carbocycles. The van der Waals surface area contributed by atoms with Gasteiger partial charge in [-0.2, -0.15) is 0 Å². The van der Waals surface area contributed by atoms with E-state index in [4.69, 9.17) is 11.6 Å². The topological polar surface area (TPSA) is 37.3 Å². The van der Waals surface area contributed by atoms with Crippen molar-refractivity contribution in [1.29, 1.82) is 0 Å². The van der Waals surface area contributed by atoms with Gasteiger partial charge in [0.2, 0.25) is 0 Å². The molecule has 0 unspecified atom stereocenters. The first kappa shape index (κ1) is 16.0. The van der Waals surface area contributed by atoms with E-state index in [1.54, 1.807) is 17.8 Å². The van der Waals surface area contributed by atoms with Gasteiger partial charge in [-0.1, -0.05) is 78.0 Å². The first-order valence-corrected chi connectivity index (χ1v) is 8.95. The lowest BCUT2D eigenvalue weighted by molar-refractivity contribution is 0.0699. The minimum absolute atomic E-state index is 0.309. The Kier molecular flexibility index (Phi) is 4.12. The normalized spacial score (nSPS) is 11.1. The zero-order chi connectivity index (χ0) is 17.4. The molecular formula is C21H13ClO2S. The molecule has 0 aromatic heterocycles. The molecule has 4 aromatic carbocycles. The van der Waals surface area contributed by atoms with Gasteiger partial charge in [-0.25, -0.2) is 4.79 Å². The van der Waals surface area contributed by atoms with Crippen molar-refractivity contribution in [3.8, 4) is 0 Å². The van der Waals surface area contributed by atoms with Crippen LogP contribution in [-0.2, 0) is 0 Å². The summed E-state index contributed by atoms with van der Waals surface area (Å²) in [6.07, 6.45) is 0. The van der Waals surface area contributed by atoms with Crippen molar-refractivity contribution in [2.45, 2.75) is 9.79 Å². The Labute approximate surface area is 154 Å². The quantitative estimate of drug-likeness (QED) is 0.451. The predicted octanol–water partition coefficient (Wildman–Crippen LogP) is 6.50. The van der Waals surface area contributed by atoms with Crippen molar-refractivity contribution >= 4 is 50.9 Å². The molecule has 0 atom stereocenters. The van der Waals surface area contributed by atoms with Crippen molar-refractivity contribution in [1.82, 2.24) is 0 Å². The molecule has 122 valence electrons. The molecule has 0 fully saturated rings. The Balaban J connectivity index is 1.92. The molecule has 0 spiro atoms. The van der Waals surface area contributed by atoms with Gasteiger partial charge in [0.05, 0.1) is 10.6 Å². The molecule has 1 N–H and O–H groups in total. The highest BCUT2D eigenvalue weighted by Gasteiger charge is 2.14. The van der Waals surface area contributed by atoms with E-state index in [2.05, 4.69) is 12.1 Å². The number of carbonyl (C=O) groups is 1. The number of fused-ring (bicyclic) bond motifs is 2. The first-order chi connectivity index (χ1) is 12.1. The Hall–Kier alpha value is -2.49. The minimum Gasteiger partial charge on any atom is -0.478 e. The van der Waals surface area contributed by atoms with Gasteiger partial charge in [-0.3, -0.25) is 0 Å². The van der Waals surface area contributed by atoms with Crippen LogP contribution in [0.5, 0.6) is 0 Å². The van der Waals surface area contributed by atoms with Crippen LogP contribution in [0, 0.1) is 0 Å². The highest BCUT2D eigenvalue weighted by Crippen LogP contribution is 2.41. The fourth-order valence-electron chi connectivity index (χ4n) is 2.98. The largest absolute Gasteiger partial charge is 0.478 e. The molecule has 0 aliphatic rings. The fourth-order valence-corrected chi connectivity index (χ4v) is 4.36. The van der Waals surface area contributed by atoms with Crippen LogP contribution in [0.1, 0.15) is 10.4 Å². The molecular weight excluding hydrogens is 352 g/mol. The average Bonchev–Trinajstić information content (AvgIpc) is 2.64. The number of hydrogen-bond donors (Lipinski definition) is 1. The zero-order valence-electron chi connectivity index (χ0n) is 13.1. The number of carboxylic acids is 1. The highest BCUT2D eigenvalue weighted by atomic mass is 35.5. The van der Waals surface area contributed by atoms with Crippen LogP contribution < -0.4 is 0 Å². The summed E-state index contributed by atoms with van der Waals surface area (Å²) in [6, 6.07) is 23.1. The summed E-state index contributed by atoms with van der Waals surface area (Å²) >= 11 is 8.04. The summed E-state index contributed by atoms with van der Waals surface area (Å²) < 4.78 is 0. The van der Waals surface area contributed by atoms with E-state index in [9.17, 15) is 9.90 Å². The van der Waals surface area contributed by atoms with E-state index >= 15 is 0 Å². The molecule has 0 radical (unpaired) electrons. The zero-order valence-corrected chi connectivity index (χ0v) is 14.6. The van der Waals surface area contributed by atoms with Crippen molar-refractivity contribution in [3.63, 3.8) is 0 Å². The van der Waals surface area contributed by atoms with Gasteiger partial charge in [0.1, 0.15) is 0 Å². The highest BCUT2D eigenvalue weighted by molar-refractivity contribution is 8.00. The number of rotatable bonds is 3. The third-order valence-electron chi connectivity index (χ3n) is 4.16. The SMILES string of the molecule is O=C(O)c1ccc(Sc2c(Cl)ccc3ccccc23)c2ccccc12. The second-order valence-corrected chi connectivity index (χ2v) is 7.12. The third-order valence-corrected chi connectivity index (χ3v) is 5.80. The summed E-state index contributed by atoms with van der Waals surface area (Å²) in [5.74, 6) is -0.920. The Bertz CT molecular complexity index is 1120. The van der Waals surface area contributed by atoms with E-state index < -0.39 is 5.97 Å². The second-order valence-electron chi connectivity index (χ2n) is 5.66. The monoisotopic (exact) mass is 364 g/mol. The number of carboxylic acid groups (broad SMARTS) is 1. The maximum atomic E-state index is 11.5. The first-order valence-electron chi connectivity index (χ1n) is 7.75. The van der Waals surface area contributed by atoms with E-state index in [0.29, 0.717) is 10.6 Å². The molecule has 2 nitrogen and oxygen atoms in total. The van der Waals surface area contributed by atoms with Gasteiger partial charge in [0.25, 0.3) is 0 Å². The van der Waals surface area contributed by atoms with Crippen LogP contribution in [0.2, 0.25) is 5.02 Å². The van der Waals surface area contributed by atoms with E-state index in [-0.39, 0.29) is 0 Å². The lowest BCUT2D eigenvalue weighted by atomic mass is 10.0. The van der Waals surface area contributed by atoms with Crippen LogP contribution in [0.15, 0.2) is 82.6 Å². The summed E-state index contributed by atoms with van der Waals surface area (Å²) in [6.45, 7) is 0. The van der Waals surface area contributed by atoms with Crippen LogP contribution in [0.3, 0.4) is 0 Å². The predicted molar refractivity (Wildman–Crippen MR) is 104 cm³/mol. The Morgan fingerprint density at radius 3 is 2.24 bits per heavy atom. The number of benzene rings is 4. The molecule has 0 bridgehead atoms. The van der Waals surface area contributed by atoms with Crippen molar-refractivity contribution < 1.29 is 9.90 Å². The molecule has 0 amide bonds. The van der Waals surface area contributed by atoms with Gasteiger partial charge >= 0.3 is 5.97 Å². The maximum absolute atomic E-state index is 11.5. The lowest BCUT2D eigenvalue weighted by Crippen LogP contribution is -1.97. The molecule has 0 heterocycles. The van der Waals surface area contributed by atoms with E-state index in [1.165, 1.54) is 0 Å². The number of aromatic carboxylic acids is 1. The Morgan fingerprint density at radius 1 is 0.800 bits per heavy atom. The minimum atomic E-state index is -0.920. The van der Waals surface area contributed by atoms with Gasteiger partial charge in [0, 0.05) is 9.79 Å². The van der Waals surface area contributed by atoms with Crippen molar-refractivity contribution in [2.24, 2.45) is 0 Å². The molecule has 25 heavy (non-hydrogen) atoms. The van der Waals surface area contributed by atoms with Gasteiger partial charge in [-0.15, -0.1) is 0 Å². The van der Waals surface area contributed by atoms with E-state index in [1.807, 2.05) is 54.6 Å². The van der Waals surface area contributed by atoms with Gasteiger partial charge in [0.15, 0.2) is 0 Å². The maximum Gasteiger partial charge on any atom is 0.336 e. The molecule has 4 heteroatoms. The summed E-state index contributed by atoms with van der Waals surface area (Å²) in [7, 11) is 0. The molecule has 0 aliphatic heterocycles. The summed E-state index contributed by atoms with van der Waals surface area (Å²) in [5.41, 5.74) is 0.309. The van der Waals surface area contributed by atoms with Crippen LogP contribution >= 0.6 is 23.4 Å². The molecule has 0 aliphatic carbocycles. The number of halogens is 1. The molecule has 0 saturated heterocycles. The smallest absolute Gasteiger partial charge is 0.336 e. The van der Waals surface area contributed by atoms with Crippen molar-refractivity contribution in [2.75, 3.05) is 0 Å². The summed E-state index contributed by atoms with van der Waals surface area (Å²) in [5, 5.41) is 14.0. The summed E-state index contributed by atoms with van der Waals surface area (Å²) in [4.78, 5) is 13.5. The lowest BCUT2D eigenvalue weighted by Gasteiger charge is -2.12. The Morgan fingerprint density at radius 2 is 1.48 bits per heavy atom. The molecule has 4 rings (SSSR count).